The Hall–Kier alpha value is -1.13. The predicted molar refractivity (Wildman–Crippen MR) is 91.4 cm³/mol. The number of aromatic nitrogens is 2. The van der Waals surface area contributed by atoms with Crippen LogP contribution < -0.4 is 5.32 Å². The van der Waals surface area contributed by atoms with Gasteiger partial charge in [0.1, 0.15) is 16.8 Å². The SMILES string of the molecule is Cc1c(Cl)nc(C(C)C)nc1NC(c1cccs1)C(C)C. The van der Waals surface area contributed by atoms with Crippen LogP contribution in [0.5, 0.6) is 0 Å². The molecule has 2 aromatic rings. The van der Waals surface area contributed by atoms with Gasteiger partial charge in [0.15, 0.2) is 0 Å². The normalized spacial score (nSPS) is 13.0. The molecule has 0 spiro atoms. The second kappa shape index (κ2) is 6.75. The monoisotopic (exact) mass is 323 g/mol. The minimum atomic E-state index is 0.231. The van der Waals surface area contributed by atoms with Gasteiger partial charge in [-0.15, -0.1) is 11.3 Å². The number of hydrogen-bond donors (Lipinski definition) is 1. The number of hydrogen-bond acceptors (Lipinski definition) is 4. The first-order valence-corrected chi connectivity index (χ1v) is 8.49. The second-order valence-corrected chi connectivity index (χ2v) is 7.22. The Morgan fingerprint density at radius 2 is 1.90 bits per heavy atom. The van der Waals surface area contributed by atoms with Crippen molar-refractivity contribution in [2.75, 3.05) is 5.32 Å². The first-order chi connectivity index (χ1) is 9.90. The molecule has 2 rings (SSSR count). The Morgan fingerprint density at radius 1 is 1.19 bits per heavy atom. The number of nitrogens with one attached hydrogen (secondary N) is 1. The fourth-order valence-corrected chi connectivity index (χ4v) is 3.21. The van der Waals surface area contributed by atoms with E-state index in [2.05, 4.69) is 60.5 Å². The largest absolute Gasteiger partial charge is 0.362 e. The third-order valence-corrected chi connectivity index (χ3v) is 4.75. The molecule has 0 amide bonds. The molecule has 0 fully saturated rings. The molecule has 0 aliphatic heterocycles. The lowest BCUT2D eigenvalue weighted by Gasteiger charge is -2.23. The first-order valence-electron chi connectivity index (χ1n) is 7.24. The van der Waals surface area contributed by atoms with E-state index < -0.39 is 0 Å². The van der Waals surface area contributed by atoms with Gasteiger partial charge in [-0.05, 0) is 24.3 Å². The van der Waals surface area contributed by atoms with E-state index in [4.69, 9.17) is 11.6 Å². The highest BCUT2D eigenvalue weighted by molar-refractivity contribution is 7.10. The van der Waals surface area contributed by atoms with Crippen molar-refractivity contribution < 1.29 is 0 Å². The summed E-state index contributed by atoms with van der Waals surface area (Å²) < 4.78 is 0. The van der Waals surface area contributed by atoms with Gasteiger partial charge in [-0.1, -0.05) is 45.4 Å². The summed E-state index contributed by atoms with van der Waals surface area (Å²) >= 11 is 8.02. The van der Waals surface area contributed by atoms with Gasteiger partial charge in [-0.3, -0.25) is 0 Å². The van der Waals surface area contributed by atoms with Gasteiger partial charge in [-0.2, -0.15) is 0 Å². The highest BCUT2D eigenvalue weighted by atomic mass is 35.5. The molecule has 5 heteroatoms. The third-order valence-electron chi connectivity index (χ3n) is 3.43. The zero-order chi connectivity index (χ0) is 15.6. The summed E-state index contributed by atoms with van der Waals surface area (Å²) in [6.45, 7) is 10.5. The summed E-state index contributed by atoms with van der Waals surface area (Å²) in [6.07, 6.45) is 0. The maximum absolute atomic E-state index is 6.26. The van der Waals surface area contributed by atoms with E-state index in [0.717, 1.165) is 17.2 Å². The van der Waals surface area contributed by atoms with Crippen molar-refractivity contribution in [2.24, 2.45) is 5.92 Å². The highest BCUT2D eigenvalue weighted by Gasteiger charge is 2.20. The van der Waals surface area contributed by atoms with Gasteiger partial charge in [0.2, 0.25) is 0 Å². The van der Waals surface area contributed by atoms with Crippen molar-refractivity contribution in [3.8, 4) is 0 Å². The predicted octanol–water partition coefficient (Wildman–Crippen LogP) is 5.43. The molecule has 0 bridgehead atoms. The Kier molecular flexibility index (Phi) is 5.22. The van der Waals surface area contributed by atoms with Crippen LogP contribution in [0, 0.1) is 12.8 Å². The molecule has 3 nitrogen and oxygen atoms in total. The minimum absolute atomic E-state index is 0.231. The lowest BCUT2D eigenvalue weighted by Crippen LogP contribution is -2.18. The summed E-state index contributed by atoms with van der Waals surface area (Å²) in [4.78, 5) is 10.3. The molecule has 0 aromatic carbocycles. The molecule has 2 heterocycles. The molecule has 1 unspecified atom stereocenters. The fourth-order valence-electron chi connectivity index (χ4n) is 2.09. The summed E-state index contributed by atoms with van der Waals surface area (Å²) in [6, 6.07) is 4.47. The lowest BCUT2D eigenvalue weighted by molar-refractivity contribution is 0.551. The second-order valence-electron chi connectivity index (χ2n) is 5.88. The molecule has 2 aromatic heterocycles. The molecular formula is C16H22ClN3S. The van der Waals surface area contributed by atoms with E-state index in [9.17, 15) is 0 Å². The number of anilines is 1. The zero-order valence-electron chi connectivity index (χ0n) is 13.1. The van der Waals surface area contributed by atoms with Crippen LogP contribution >= 0.6 is 22.9 Å². The molecule has 1 atom stereocenters. The molecule has 114 valence electrons. The molecule has 0 saturated carbocycles. The molecular weight excluding hydrogens is 302 g/mol. The summed E-state index contributed by atoms with van der Waals surface area (Å²) in [5, 5.41) is 6.20. The quantitative estimate of drug-likeness (QED) is 0.745. The van der Waals surface area contributed by atoms with E-state index in [1.54, 1.807) is 11.3 Å². The Morgan fingerprint density at radius 3 is 2.43 bits per heavy atom. The lowest BCUT2D eigenvalue weighted by atomic mass is 10.0. The average Bonchev–Trinajstić information content (AvgIpc) is 2.93. The van der Waals surface area contributed by atoms with Gasteiger partial charge >= 0.3 is 0 Å². The smallest absolute Gasteiger partial charge is 0.137 e. The van der Waals surface area contributed by atoms with Crippen LogP contribution in [0.15, 0.2) is 17.5 Å². The van der Waals surface area contributed by atoms with Crippen molar-refractivity contribution in [3.05, 3.63) is 38.9 Å². The van der Waals surface area contributed by atoms with Crippen molar-refractivity contribution in [2.45, 2.75) is 46.6 Å². The maximum atomic E-state index is 6.26. The van der Waals surface area contributed by atoms with E-state index >= 15 is 0 Å². The van der Waals surface area contributed by atoms with Crippen LogP contribution in [0.1, 0.15) is 55.9 Å². The Balaban J connectivity index is 2.37. The van der Waals surface area contributed by atoms with Crippen LogP contribution in [0.3, 0.4) is 0 Å². The third kappa shape index (κ3) is 3.74. The zero-order valence-corrected chi connectivity index (χ0v) is 14.7. The van der Waals surface area contributed by atoms with Crippen LogP contribution in [-0.2, 0) is 0 Å². The molecule has 0 saturated heterocycles. The van der Waals surface area contributed by atoms with E-state index in [0.29, 0.717) is 11.1 Å². The Labute approximate surface area is 135 Å². The van der Waals surface area contributed by atoms with Gasteiger partial charge in [0, 0.05) is 16.4 Å². The number of halogens is 1. The summed E-state index contributed by atoms with van der Waals surface area (Å²) in [7, 11) is 0. The number of thiophene rings is 1. The topological polar surface area (TPSA) is 37.8 Å². The van der Waals surface area contributed by atoms with Crippen LogP contribution in [-0.4, -0.2) is 9.97 Å². The van der Waals surface area contributed by atoms with Crippen molar-refractivity contribution in [1.82, 2.24) is 9.97 Å². The van der Waals surface area contributed by atoms with Crippen molar-refractivity contribution in [1.29, 1.82) is 0 Å². The van der Waals surface area contributed by atoms with Gasteiger partial charge in [0.25, 0.3) is 0 Å². The van der Waals surface area contributed by atoms with Gasteiger partial charge in [-0.25, -0.2) is 9.97 Å². The van der Waals surface area contributed by atoms with E-state index in [-0.39, 0.29) is 12.0 Å². The average molecular weight is 324 g/mol. The number of rotatable bonds is 5. The highest BCUT2D eigenvalue weighted by Crippen LogP contribution is 2.32. The molecule has 1 N–H and O–H groups in total. The van der Waals surface area contributed by atoms with E-state index in [1.165, 1.54) is 4.88 Å². The van der Waals surface area contributed by atoms with Crippen LogP contribution in [0.2, 0.25) is 5.15 Å². The summed E-state index contributed by atoms with van der Waals surface area (Å²) in [5.74, 6) is 2.33. The Bertz CT molecular complexity index is 594. The maximum Gasteiger partial charge on any atom is 0.137 e. The first kappa shape index (κ1) is 16.2. The van der Waals surface area contributed by atoms with E-state index in [1.807, 2.05) is 6.92 Å². The van der Waals surface area contributed by atoms with Crippen LogP contribution in [0.4, 0.5) is 5.82 Å². The number of nitrogens with zero attached hydrogens (tertiary/aromatic N) is 2. The van der Waals surface area contributed by atoms with Crippen molar-refractivity contribution in [3.63, 3.8) is 0 Å². The summed E-state index contributed by atoms with van der Waals surface area (Å²) in [5.41, 5.74) is 0.906. The molecule has 0 radical (unpaired) electrons. The van der Waals surface area contributed by atoms with Crippen LogP contribution in [0.25, 0.3) is 0 Å². The molecule has 0 aliphatic carbocycles. The van der Waals surface area contributed by atoms with Crippen molar-refractivity contribution >= 4 is 28.8 Å². The fraction of sp³-hybridized carbons (Fsp3) is 0.500. The van der Waals surface area contributed by atoms with Gasteiger partial charge < -0.3 is 5.32 Å². The molecule has 21 heavy (non-hydrogen) atoms. The standard InChI is InChI=1S/C16H22ClN3S/c1-9(2)13(12-7-6-8-21-12)18-16-11(5)14(17)19-15(20-16)10(3)4/h6-10,13H,1-5H3,(H,18,19,20). The minimum Gasteiger partial charge on any atom is -0.362 e. The molecule has 0 aliphatic rings. The van der Waals surface area contributed by atoms with Gasteiger partial charge in [0.05, 0.1) is 6.04 Å².